The first kappa shape index (κ1) is 25.1. The lowest BCUT2D eigenvalue weighted by atomic mass is 10.0. The molecule has 190 valence electrons. The van der Waals surface area contributed by atoms with E-state index in [0.717, 1.165) is 0 Å². The van der Waals surface area contributed by atoms with Crippen LogP contribution in [0, 0.1) is 16.3 Å². The zero-order chi connectivity index (χ0) is 26.6. The number of hydrogen-bond acceptors (Lipinski definition) is 5. The molecule has 2 aliphatic rings. The van der Waals surface area contributed by atoms with Crippen LogP contribution in [0.1, 0.15) is 35.7 Å². The Morgan fingerprint density at radius 1 is 1.14 bits per heavy atom. The van der Waals surface area contributed by atoms with E-state index in [1.165, 1.54) is 35.6 Å². The number of nitrogens with one attached hydrogen (secondary N) is 3. The number of rotatable bonds is 5. The van der Waals surface area contributed by atoms with E-state index in [1.54, 1.807) is 37.3 Å². The van der Waals surface area contributed by atoms with E-state index >= 15 is 0 Å². The van der Waals surface area contributed by atoms with Crippen molar-refractivity contribution >= 4 is 69.0 Å². The molecule has 4 amide bonds. The summed E-state index contributed by atoms with van der Waals surface area (Å²) in [5.74, 6) is -1.19. The van der Waals surface area contributed by atoms with Crippen LogP contribution in [0.25, 0.3) is 0 Å². The summed E-state index contributed by atoms with van der Waals surface area (Å²) in [6, 6.07) is 10.6. The van der Waals surface area contributed by atoms with Gasteiger partial charge in [0.25, 0.3) is 5.56 Å². The molecule has 0 bridgehead atoms. The number of benzene rings is 2. The lowest BCUT2D eigenvalue weighted by Crippen LogP contribution is -3.20. The van der Waals surface area contributed by atoms with Crippen LogP contribution in [0.2, 0.25) is 0 Å². The fourth-order valence-electron chi connectivity index (χ4n) is 4.64. The molecule has 0 saturated heterocycles. The molecule has 3 N–H and O–H groups in total. The fraction of sp³-hybridized carbons (Fsp3) is 0.231. The zero-order valence-corrected chi connectivity index (χ0v) is 22.5. The molecule has 1 aliphatic heterocycles. The average Bonchev–Trinajstić information content (AvgIpc) is 3.67. The normalized spacial score (nSPS) is 17.0. The summed E-state index contributed by atoms with van der Waals surface area (Å²) in [4.78, 5) is 54.2. The van der Waals surface area contributed by atoms with E-state index < -0.39 is 23.3 Å². The highest BCUT2D eigenvalue weighted by Crippen LogP contribution is 2.38. The smallest absolute Gasteiger partial charge is 0.338 e. The van der Waals surface area contributed by atoms with E-state index in [-0.39, 0.29) is 45.2 Å². The van der Waals surface area contributed by atoms with Crippen molar-refractivity contribution in [3.8, 4) is 0 Å². The molecule has 1 fully saturated rings. The highest BCUT2D eigenvalue weighted by molar-refractivity contribution is 14.1. The van der Waals surface area contributed by atoms with Crippen LogP contribution in [-0.2, 0) is 11.8 Å². The number of aromatic nitrogens is 1. The van der Waals surface area contributed by atoms with Gasteiger partial charge in [-0.3, -0.25) is 14.2 Å². The number of amides is 4. The Hall–Kier alpha value is -3.58. The van der Waals surface area contributed by atoms with Gasteiger partial charge in [-0.2, -0.15) is 4.90 Å². The lowest BCUT2D eigenvalue weighted by molar-refractivity contribution is -0.736. The number of halogens is 2. The first-order chi connectivity index (χ1) is 17.6. The summed E-state index contributed by atoms with van der Waals surface area (Å²) in [7, 11) is 1.50. The van der Waals surface area contributed by atoms with Crippen LogP contribution in [-0.4, -0.2) is 28.5 Å². The molecule has 1 aliphatic carbocycles. The van der Waals surface area contributed by atoms with Gasteiger partial charge < -0.3 is 10.6 Å². The highest BCUT2D eigenvalue weighted by atomic mass is 127. The minimum Gasteiger partial charge on any atom is -0.338 e. The fourth-order valence-corrected chi connectivity index (χ4v) is 5.09. The number of hydrogen-bond donors (Lipinski definition) is 3. The minimum atomic E-state index is -0.542. The first-order valence-electron chi connectivity index (χ1n) is 11.7. The molecule has 1 aromatic heterocycles. The van der Waals surface area contributed by atoms with E-state index in [2.05, 4.69) is 10.6 Å². The average molecular weight is 616 g/mol. The Morgan fingerprint density at radius 3 is 2.51 bits per heavy atom. The van der Waals surface area contributed by atoms with Crippen molar-refractivity contribution in [1.82, 2.24) is 4.57 Å². The van der Waals surface area contributed by atoms with Crippen LogP contribution in [0.3, 0.4) is 0 Å². The minimum absolute atomic E-state index is 0.0957. The largest absolute Gasteiger partial charge is 0.434 e. The maximum atomic E-state index is 14.8. The van der Waals surface area contributed by atoms with Crippen LogP contribution in [0.5, 0.6) is 0 Å². The van der Waals surface area contributed by atoms with E-state index in [0.29, 0.717) is 27.8 Å². The number of pyridine rings is 1. The number of fused-ring (bicyclic) bond motifs is 1. The van der Waals surface area contributed by atoms with Crippen molar-refractivity contribution in [3.05, 3.63) is 73.3 Å². The third kappa shape index (κ3) is 4.42. The maximum Gasteiger partial charge on any atom is 0.434 e. The number of nitrogens with zero attached hydrogens (tertiary/aromatic N) is 2. The van der Waals surface area contributed by atoms with Gasteiger partial charge in [0.05, 0.1) is 17.1 Å². The van der Waals surface area contributed by atoms with Gasteiger partial charge in [-0.1, -0.05) is 6.07 Å². The molecule has 2 heterocycles. The Balaban J connectivity index is 1.76. The number of urea groups is 1. The van der Waals surface area contributed by atoms with Gasteiger partial charge in [0.15, 0.2) is 0 Å². The summed E-state index contributed by atoms with van der Waals surface area (Å²) < 4.78 is 16.8. The summed E-state index contributed by atoms with van der Waals surface area (Å²) in [5, 5.41) is 5.65. The Labute approximate surface area is 225 Å². The van der Waals surface area contributed by atoms with Crippen LogP contribution < -0.4 is 26.0 Å². The maximum absolute atomic E-state index is 14.8. The van der Waals surface area contributed by atoms with Crippen molar-refractivity contribution in [3.63, 3.8) is 0 Å². The molecular formula is C26H24FIN5O4+. The summed E-state index contributed by atoms with van der Waals surface area (Å²) in [6.07, 6.45) is 1.42. The highest BCUT2D eigenvalue weighted by Gasteiger charge is 2.53. The van der Waals surface area contributed by atoms with Crippen molar-refractivity contribution in [1.29, 1.82) is 0 Å². The van der Waals surface area contributed by atoms with Gasteiger partial charge >= 0.3 is 11.9 Å². The standard InChI is InChI=1S/C26H23FIN5O4/c1-13-22-21(23(31(3)24(13)35)30-20-10-7-15(28)11-19(20)27)25(36)33(17-8-9-17)26(37)32(22)18-6-4-5-16(12-18)29-14(2)34/h4-7,10-12,17,30H,8-9H2,1-3H3,(H,29,34)/p+1. The Morgan fingerprint density at radius 2 is 1.86 bits per heavy atom. The van der Waals surface area contributed by atoms with Gasteiger partial charge in [0, 0.05) is 41.6 Å². The summed E-state index contributed by atoms with van der Waals surface area (Å²) in [5.41, 5.74) is 0.993. The van der Waals surface area contributed by atoms with E-state index in [9.17, 15) is 23.6 Å². The number of anilines is 5. The molecule has 0 spiro atoms. The van der Waals surface area contributed by atoms with Crippen molar-refractivity contribution < 1.29 is 23.7 Å². The first-order valence-corrected chi connectivity index (χ1v) is 12.8. The van der Waals surface area contributed by atoms with Gasteiger partial charge in [0.2, 0.25) is 5.91 Å². The molecule has 9 nitrogen and oxygen atoms in total. The molecule has 3 aromatic rings. The molecule has 1 saturated carbocycles. The number of imide groups is 1. The molecule has 0 radical (unpaired) electrons. The molecule has 11 heteroatoms. The van der Waals surface area contributed by atoms with Crippen molar-refractivity contribution in [2.75, 3.05) is 15.5 Å². The number of carbonyl (C=O) groups excluding carboxylic acids is 3. The number of carbonyl (C=O) groups is 3. The topological polar surface area (TPSA) is 105 Å². The second-order valence-corrected chi connectivity index (χ2v) is 10.4. The zero-order valence-electron chi connectivity index (χ0n) is 20.3. The SMILES string of the molecule is CC(=O)Nc1cccc(N2C(=O)[NH+](C3CC3)C(=O)c3c2c(C)c(=O)n(C)c3Nc2ccc(I)cc2F)c1. The molecule has 1 unspecified atom stereocenters. The third-order valence-corrected chi connectivity index (χ3v) is 7.18. The number of quaternary nitrogens is 1. The molecule has 37 heavy (non-hydrogen) atoms. The predicted octanol–water partition coefficient (Wildman–Crippen LogP) is 3.60. The Bertz CT molecular complexity index is 1550. The van der Waals surface area contributed by atoms with Gasteiger partial charge in [-0.05, 0) is 65.9 Å². The second kappa shape index (κ2) is 9.38. The van der Waals surface area contributed by atoms with E-state index in [4.69, 9.17) is 0 Å². The van der Waals surface area contributed by atoms with Crippen molar-refractivity contribution in [2.24, 2.45) is 7.05 Å². The monoisotopic (exact) mass is 616 g/mol. The van der Waals surface area contributed by atoms with Gasteiger partial charge in [-0.15, -0.1) is 0 Å². The third-order valence-electron chi connectivity index (χ3n) is 6.51. The quantitative estimate of drug-likeness (QED) is 0.381. The lowest BCUT2D eigenvalue weighted by Gasteiger charge is -2.34. The van der Waals surface area contributed by atoms with Gasteiger partial charge in [0.1, 0.15) is 23.2 Å². The van der Waals surface area contributed by atoms with Gasteiger partial charge in [-0.25, -0.2) is 18.9 Å². The molecular weight excluding hydrogens is 592 g/mol. The molecule has 1 atom stereocenters. The molecule has 5 rings (SSSR count). The van der Waals surface area contributed by atoms with Crippen molar-refractivity contribution in [2.45, 2.75) is 32.7 Å². The summed E-state index contributed by atoms with van der Waals surface area (Å²) >= 11 is 1.99. The van der Waals surface area contributed by atoms with Crippen LogP contribution >= 0.6 is 22.6 Å². The van der Waals surface area contributed by atoms with Crippen LogP contribution in [0.15, 0.2) is 47.3 Å². The van der Waals surface area contributed by atoms with E-state index in [1.807, 2.05) is 22.6 Å². The molecule has 2 aromatic carbocycles. The Kier molecular flexibility index (Phi) is 6.36. The predicted molar refractivity (Wildman–Crippen MR) is 145 cm³/mol. The van der Waals surface area contributed by atoms with Crippen LogP contribution in [0.4, 0.5) is 37.8 Å². The second-order valence-electron chi connectivity index (χ2n) is 9.20. The summed E-state index contributed by atoms with van der Waals surface area (Å²) in [6.45, 7) is 2.94.